The van der Waals surface area contributed by atoms with E-state index in [-0.39, 0.29) is 5.97 Å². The number of aryl methyl sites for hydroxylation is 1. The van der Waals surface area contributed by atoms with Crippen molar-refractivity contribution in [3.05, 3.63) is 47.0 Å². The smallest absolute Gasteiger partial charge is 0.348 e. The van der Waals surface area contributed by atoms with Crippen LogP contribution in [0.5, 0.6) is 0 Å². The number of pyridine rings is 1. The van der Waals surface area contributed by atoms with E-state index in [0.717, 1.165) is 27.3 Å². The van der Waals surface area contributed by atoms with E-state index < -0.39 is 0 Å². The van der Waals surface area contributed by atoms with Gasteiger partial charge >= 0.3 is 5.97 Å². The fraction of sp³-hybridized carbons (Fsp3) is 0.278. The Balaban J connectivity index is 1.56. The van der Waals surface area contributed by atoms with Gasteiger partial charge in [-0.25, -0.2) is 14.8 Å². The Morgan fingerprint density at radius 2 is 2.19 bits per heavy atom. The van der Waals surface area contributed by atoms with Gasteiger partial charge in [-0.1, -0.05) is 6.07 Å². The Hall–Kier alpha value is -3.07. The molecular weight excluding hydrogens is 364 g/mol. The number of ether oxygens (including phenoxy) is 1. The number of carbonyl (C=O) groups is 1. The highest BCUT2D eigenvalue weighted by Gasteiger charge is 2.20. The molecule has 0 spiro atoms. The molecule has 1 N–H and O–H groups in total. The van der Waals surface area contributed by atoms with Gasteiger partial charge in [0.2, 0.25) is 0 Å². The number of esters is 1. The minimum atomic E-state index is -0.320. The number of nitrogens with zero attached hydrogens (tertiary/aromatic N) is 5. The summed E-state index contributed by atoms with van der Waals surface area (Å²) in [6, 6.07) is 5.81. The van der Waals surface area contributed by atoms with Crippen molar-refractivity contribution >= 4 is 39.0 Å². The molecule has 8 nitrogen and oxygen atoms in total. The maximum absolute atomic E-state index is 12.1. The summed E-state index contributed by atoms with van der Waals surface area (Å²) in [6.45, 7) is 4.66. The second kappa shape index (κ2) is 7.28. The molecule has 0 unspecified atom stereocenters. The minimum Gasteiger partial charge on any atom is -0.462 e. The molecule has 0 aliphatic heterocycles. The first-order valence-electron chi connectivity index (χ1n) is 8.62. The molecule has 0 bridgehead atoms. The predicted octanol–water partition coefficient (Wildman–Crippen LogP) is 2.87. The molecule has 0 amide bonds. The number of fused-ring (bicyclic) bond motifs is 2. The standard InChI is InChI=1S/C18H18N6O2S/c1-3-26-18(25)15-11(2)14-16(20-10-21-17(14)27-15)19-8-7-13-23-22-12-6-4-5-9-24(12)13/h4-6,9-10H,3,7-8H2,1-2H3,(H,19,20,21). The van der Waals surface area contributed by atoms with Gasteiger partial charge in [0.15, 0.2) is 5.65 Å². The lowest BCUT2D eigenvalue weighted by Crippen LogP contribution is -2.09. The Bertz CT molecular complexity index is 1120. The van der Waals surface area contributed by atoms with Crippen LogP contribution in [-0.4, -0.2) is 43.7 Å². The van der Waals surface area contributed by atoms with Crippen molar-refractivity contribution in [1.29, 1.82) is 0 Å². The fourth-order valence-electron chi connectivity index (χ4n) is 2.95. The van der Waals surface area contributed by atoms with Gasteiger partial charge in [0, 0.05) is 19.2 Å². The molecule has 0 aromatic carbocycles. The third-order valence-electron chi connectivity index (χ3n) is 4.21. The Morgan fingerprint density at radius 1 is 1.30 bits per heavy atom. The number of nitrogens with one attached hydrogen (secondary N) is 1. The van der Waals surface area contributed by atoms with Gasteiger partial charge in [0.1, 0.15) is 27.7 Å². The van der Waals surface area contributed by atoms with Gasteiger partial charge in [-0.2, -0.15) is 0 Å². The van der Waals surface area contributed by atoms with E-state index in [4.69, 9.17) is 4.74 Å². The van der Waals surface area contributed by atoms with E-state index in [2.05, 4.69) is 25.5 Å². The van der Waals surface area contributed by atoms with Crippen LogP contribution in [0, 0.1) is 6.92 Å². The van der Waals surface area contributed by atoms with Crippen molar-refractivity contribution in [2.24, 2.45) is 0 Å². The van der Waals surface area contributed by atoms with E-state index in [1.807, 2.05) is 35.7 Å². The SMILES string of the molecule is CCOC(=O)c1sc2ncnc(NCCc3nnc4ccccn34)c2c1C. The van der Waals surface area contributed by atoms with Gasteiger partial charge < -0.3 is 10.1 Å². The van der Waals surface area contributed by atoms with Crippen molar-refractivity contribution in [2.75, 3.05) is 18.5 Å². The lowest BCUT2D eigenvalue weighted by molar-refractivity contribution is 0.0531. The maximum atomic E-state index is 12.1. The summed E-state index contributed by atoms with van der Waals surface area (Å²) in [5.41, 5.74) is 1.66. The maximum Gasteiger partial charge on any atom is 0.348 e. The zero-order chi connectivity index (χ0) is 18.8. The summed E-state index contributed by atoms with van der Waals surface area (Å²) in [5.74, 6) is 1.26. The molecule has 0 saturated heterocycles. The molecule has 0 fully saturated rings. The lowest BCUT2D eigenvalue weighted by atomic mass is 10.2. The molecular formula is C18H18N6O2S. The molecule has 9 heteroatoms. The molecule has 4 aromatic rings. The predicted molar refractivity (Wildman–Crippen MR) is 103 cm³/mol. The van der Waals surface area contributed by atoms with Crippen LogP contribution in [0.4, 0.5) is 5.82 Å². The highest BCUT2D eigenvalue weighted by molar-refractivity contribution is 7.20. The van der Waals surface area contributed by atoms with Crippen molar-refractivity contribution in [3.8, 4) is 0 Å². The molecule has 0 aliphatic rings. The van der Waals surface area contributed by atoms with E-state index in [1.54, 1.807) is 6.92 Å². The monoisotopic (exact) mass is 382 g/mol. The summed E-state index contributed by atoms with van der Waals surface area (Å²) in [7, 11) is 0. The molecule has 0 saturated carbocycles. The molecule has 138 valence electrons. The number of carbonyl (C=O) groups excluding carboxylic acids is 1. The van der Waals surface area contributed by atoms with Crippen LogP contribution >= 0.6 is 11.3 Å². The molecule has 4 aromatic heterocycles. The zero-order valence-electron chi connectivity index (χ0n) is 15.0. The Morgan fingerprint density at radius 3 is 3.04 bits per heavy atom. The molecule has 0 aliphatic carbocycles. The summed E-state index contributed by atoms with van der Waals surface area (Å²) in [4.78, 5) is 22.1. The highest BCUT2D eigenvalue weighted by atomic mass is 32.1. The van der Waals surface area contributed by atoms with E-state index in [9.17, 15) is 4.79 Å². The number of rotatable bonds is 6. The second-order valence-corrected chi connectivity index (χ2v) is 6.90. The number of aromatic nitrogens is 5. The van der Waals surface area contributed by atoms with Gasteiger partial charge in [-0.05, 0) is 31.5 Å². The topological polar surface area (TPSA) is 94.3 Å². The van der Waals surface area contributed by atoms with Crippen LogP contribution in [0.25, 0.3) is 15.9 Å². The quantitative estimate of drug-likeness (QED) is 0.512. The summed E-state index contributed by atoms with van der Waals surface area (Å²) < 4.78 is 7.10. The molecule has 4 heterocycles. The van der Waals surface area contributed by atoms with E-state index >= 15 is 0 Å². The van der Waals surface area contributed by atoms with Crippen LogP contribution in [0.15, 0.2) is 30.7 Å². The number of hydrogen-bond donors (Lipinski definition) is 1. The van der Waals surface area contributed by atoms with Gasteiger partial charge in [0.25, 0.3) is 0 Å². The summed E-state index contributed by atoms with van der Waals surface area (Å²) in [5, 5.41) is 12.6. The third-order valence-corrected chi connectivity index (χ3v) is 5.39. The number of thiophene rings is 1. The highest BCUT2D eigenvalue weighted by Crippen LogP contribution is 2.33. The van der Waals surface area contributed by atoms with Gasteiger partial charge in [-0.15, -0.1) is 21.5 Å². The van der Waals surface area contributed by atoms with E-state index in [1.165, 1.54) is 17.7 Å². The Labute approximate surface area is 159 Å². The van der Waals surface area contributed by atoms with E-state index in [0.29, 0.717) is 30.3 Å². The van der Waals surface area contributed by atoms with Crippen LogP contribution in [0.1, 0.15) is 28.0 Å². The summed E-state index contributed by atoms with van der Waals surface area (Å²) >= 11 is 1.33. The minimum absolute atomic E-state index is 0.320. The van der Waals surface area contributed by atoms with Crippen LogP contribution < -0.4 is 5.32 Å². The zero-order valence-corrected chi connectivity index (χ0v) is 15.8. The van der Waals surface area contributed by atoms with Gasteiger partial charge in [0.05, 0.1) is 12.0 Å². The lowest BCUT2D eigenvalue weighted by Gasteiger charge is -2.07. The van der Waals surface area contributed by atoms with Crippen molar-refractivity contribution in [3.63, 3.8) is 0 Å². The summed E-state index contributed by atoms with van der Waals surface area (Å²) in [6.07, 6.45) is 4.13. The van der Waals surface area contributed by atoms with Crippen LogP contribution in [0.2, 0.25) is 0 Å². The normalized spacial score (nSPS) is 11.2. The Kier molecular flexibility index (Phi) is 4.68. The van der Waals surface area contributed by atoms with Crippen molar-refractivity contribution < 1.29 is 9.53 Å². The third kappa shape index (κ3) is 3.21. The average molecular weight is 382 g/mol. The number of hydrogen-bond acceptors (Lipinski definition) is 8. The first kappa shape index (κ1) is 17.3. The molecule has 0 atom stereocenters. The largest absolute Gasteiger partial charge is 0.462 e. The molecule has 27 heavy (non-hydrogen) atoms. The van der Waals surface area contributed by atoms with Crippen molar-refractivity contribution in [2.45, 2.75) is 20.3 Å². The fourth-order valence-corrected chi connectivity index (χ4v) is 3.99. The molecule has 0 radical (unpaired) electrons. The molecule has 4 rings (SSSR count). The van der Waals surface area contributed by atoms with Gasteiger partial charge in [-0.3, -0.25) is 4.40 Å². The number of anilines is 1. The van der Waals surface area contributed by atoms with Crippen LogP contribution in [0.3, 0.4) is 0 Å². The average Bonchev–Trinajstić information content (AvgIpc) is 3.24. The first-order valence-corrected chi connectivity index (χ1v) is 9.44. The second-order valence-electron chi connectivity index (χ2n) is 5.90. The first-order chi connectivity index (χ1) is 13.2. The van der Waals surface area contributed by atoms with Crippen molar-refractivity contribution in [1.82, 2.24) is 24.6 Å². The van der Waals surface area contributed by atoms with Crippen LogP contribution in [-0.2, 0) is 11.2 Å².